The normalized spacial score (nSPS) is 9.48. The summed E-state index contributed by atoms with van der Waals surface area (Å²) in [4.78, 5) is 15.8. The summed E-state index contributed by atoms with van der Waals surface area (Å²) >= 11 is 0. The number of hydrogen-bond acceptors (Lipinski definition) is 3. The Bertz CT molecular complexity index is 521. The molecule has 0 atom stereocenters. The molecule has 0 radical (unpaired) electrons. The summed E-state index contributed by atoms with van der Waals surface area (Å²) in [5.74, 6) is -0.221. The summed E-state index contributed by atoms with van der Waals surface area (Å²) in [6.45, 7) is 6.45. The molecule has 0 unspecified atom stereocenters. The number of carbonyl (C=O) groups is 1. The van der Waals surface area contributed by atoms with E-state index in [1.807, 2.05) is 63.2 Å². The van der Waals surface area contributed by atoms with Gasteiger partial charge in [0.2, 0.25) is 0 Å². The summed E-state index contributed by atoms with van der Waals surface area (Å²) in [7, 11) is 0. The minimum absolute atomic E-state index is 0.221. The van der Waals surface area contributed by atoms with E-state index < -0.39 is 0 Å². The molecule has 0 amide bonds. The van der Waals surface area contributed by atoms with E-state index in [1.165, 1.54) is 0 Å². The predicted octanol–water partition coefficient (Wildman–Crippen LogP) is 4.27. The van der Waals surface area contributed by atoms with Gasteiger partial charge in [0, 0.05) is 11.8 Å². The first-order valence-electron chi connectivity index (χ1n) is 7.45. The molecule has 2 aromatic rings. The Hall–Kier alpha value is -2.16. The minimum atomic E-state index is -0.221. The molecule has 1 aromatic carbocycles. The second-order valence-corrected chi connectivity index (χ2v) is 4.30. The zero-order valence-corrected chi connectivity index (χ0v) is 13.0. The van der Waals surface area contributed by atoms with E-state index in [4.69, 9.17) is 4.74 Å². The van der Waals surface area contributed by atoms with E-state index in [-0.39, 0.29) is 12.4 Å². The van der Waals surface area contributed by atoms with Gasteiger partial charge in [0.1, 0.15) is 0 Å². The Labute approximate surface area is 127 Å². The van der Waals surface area contributed by atoms with Crippen molar-refractivity contribution >= 4 is 5.97 Å². The number of rotatable bonds is 5. The van der Waals surface area contributed by atoms with Gasteiger partial charge in [-0.2, -0.15) is 0 Å². The molecule has 1 aromatic heterocycles. The largest absolute Gasteiger partial charge is 0.465 e. The number of aromatic nitrogens is 1. The van der Waals surface area contributed by atoms with Crippen molar-refractivity contribution in [2.24, 2.45) is 0 Å². The first-order valence-corrected chi connectivity index (χ1v) is 7.45. The van der Waals surface area contributed by atoms with Gasteiger partial charge in [-0.3, -0.25) is 9.78 Å². The molecule has 3 heteroatoms. The number of carbonyl (C=O) groups excluding carboxylic acids is 1. The van der Waals surface area contributed by atoms with E-state index in [1.54, 1.807) is 6.20 Å². The number of hydrogen-bond donors (Lipinski definition) is 0. The maximum Gasteiger partial charge on any atom is 0.311 e. The van der Waals surface area contributed by atoms with Gasteiger partial charge in [0.15, 0.2) is 0 Å². The Kier molecular flexibility index (Phi) is 7.80. The lowest BCUT2D eigenvalue weighted by molar-refractivity contribution is -0.142. The van der Waals surface area contributed by atoms with Crippen molar-refractivity contribution < 1.29 is 9.53 Å². The number of esters is 1. The highest BCUT2D eigenvalue weighted by Gasteiger charge is 2.06. The van der Waals surface area contributed by atoms with Crippen LogP contribution in [0, 0.1) is 0 Å². The lowest BCUT2D eigenvalue weighted by Gasteiger charge is -2.04. The van der Waals surface area contributed by atoms with Crippen molar-refractivity contribution in [1.29, 1.82) is 0 Å². The molecular weight excluding hydrogens is 262 g/mol. The number of ether oxygens (including phenoxy) is 1. The highest BCUT2D eigenvalue weighted by Crippen LogP contribution is 2.17. The molecule has 112 valence electrons. The standard InChI is InChI=1S/C16H17NO2.C2H6/c1-2-10-19-16(18)11-15-9-8-14(12-17-15)13-6-4-3-5-7-13;1-2/h3-9,12H,2,10-11H2,1H3;1-2H3. The van der Waals surface area contributed by atoms with Gasteiger partial charge >= 0.3 is 5.97 Å². The van der Waals surface area contributed by atoms with Crippen LogP contribution in [0.25, 0.3) is 11.1 Å². The zero-order chi connectivity index (χ0) is 15.5. The average molecular weight is 285 g/mol. The fourth-order valence-corrected chi connectivity index (χ4v) is 1.75. The van der Waals surface area contributed by atoms with Gasteiger partial charge in [-0.1, -0.05) is 57.2 Å². The van der Waals surface area contributed by atoms with Crippen LogP contribution in [0.15, 0.2) is 48.7 Å². The van der Waals surface area contributed by atoms with Crippen LogP contribution in [0.1, 0.15) is 32.9 Å². The van der Waals surface area contributed by atoms with Crippen LogP contribution in [0.5, 0.6) is 0 Å². The fourth-order valence-electron chi connectivity index (χ4n) is 1.75. The predicted molar refractivity (Wildman–Crippen MR) is 86.0 cm³/mol. The third-order valence-corrected chi connectivity index (χ3v) is 2.72. The van der Waals surface area contributed by atoms with Gasteiger partial charge in [0.25, 0.3) is 0 Å². The third-order valence-electron chi connectivity index (χ3n) is 2.72. The number of benzene rings is 1. The van der Waals surface area contributed by atoms with E-state index in [2.05, 4.69) is 4.98 Å². The molecule has 2 rings (SSSR count). The summed E-state index contributed by atoms with van der Waals surface area (Å²) in [5, 5.41) is 0. The first-order chi connectivity index (χ1) is 10.3. The van der Waals surface area contributed by atoms with Crippen LogP contribution in [0.4, 0.5) is 0 Å². The maximum absolute atomic E-state index is 11.5. The maximum atomic E-state index is 11.5. The summed E-state index contributed by atoms with van der Waals surface area (Å²) in [5.41, 5.74) is 2.90. The van der Waals surface area contributed by atoms with Crippen molar-refractivity contribution in [2.45, 2.75) is 33.6 Å². The monoisotopic (exact) mass is 285 g/mol. The van der Waals surface area contributed by atoms with Gasteiger partial charge in [-0.15, -0.1) is 0 Å². The van der Waals surface area contributed by atoms with Crippen LogP contribution in [0.3, 0.4) is 0 Å². The highest BCUT2D eigenvalue weighted by atomic mass is 16.5. The van der Waals surface area contributed by atoms with Crippen LogP contribution < -0.4 is 0 Å². The minimum Gasteiger partial charge on any atom is -0.465 e. The van der Waals surface area contributed by atoms with Crippen LogP contribution in [-0.4, -0.2) is 17.6 Å². The van der Waals surface area contributed by atoms with Crippen LogP contribution in [0.2, 0.25) is 0 Å². The molecule has 0 aliphatic heterocycles. The molecule has 0 fully saturated rings. The zero-order valence-electron chi connectivity index (χ0n) is 13.0. The smallest absolute Gasteiger partial charge is 0.311 e. The van der Waals surface area contributed by atoms with E-state index in [0.717, 1.165) is 23.2 Å². The SMILES string of the molecule is CC.CCCOC(=O)Cc1ccc(-c2ccccc2)cn1. The third kappa shape index (κ3) is 5.78. The number of pyridine rings is 1. The molecule has 21 heavy (non-hydrogen) atoms. The van der Waals surface area contributed by atoms with Gasteiger partial charge in [-0.05, 0) is 18.1 Å². The summed E-state index contributed by atoms with van der Waals surface area (Å²) < 4.78 is 5.03. The Morgan fingerprint density at radius 3 is 2.33 bits per heavy atom. The van der Waals surface area contributed by atoms with Crippen molar-refractivity contribution in [3.8, 4) is 11.1 Å². The van der Waals surface area contributed by atoms with E-state index >= 15 is 0 Å². The lowest BCUT2D eigenvalue weighted by Crippen LogP contribution is -2.09. The molecule has 0 saturated carbocycles. The Morgan fingerprint density at radius 1 is 1.05 bits per heavy atom. The fraction of sp³-hybridized carbons (Fsp3) is 0.333. The molecule has 0 spiro atoms. The molecule has 0 aliphatic carbocycles. The summed E-state index contributed by atoms with van der Waals surface area (Å²) in [6, 6.07) is 13.9. The van der Waals surface area contributed by atoms with Crippen molar-refractivity contribution in [3.05, 3.63) is 54.4 Å². The topological polar surface area (TPSA) is 39.2 Å². The lowest BCUT2D eigenvalue weighted by atomic mass is 10.1. The second-order valence-electron chi connectivity index (χ2n) is 4.30. The van der Waals surface area contributed by atoms with Gasteiger partial charge in [0.05, 0.1) is 18.7 Å². The van der Waals surface area contributed by atoms with E-state index in [0.29, 0.717) is 6.61 Å². The molecule has 0 bridgehead atoms. The summed E-state index contributed by atoms with van der Waals surface area (Å²) in [6.07, 6.45) is 2.86. The molecule has 0 saturated heterocycles. The Balaban J connectivity index is 0.00000106. The molecule has 1 heterocycles. The van der Waals surface area contributed by atoms with Gasteiger partial charge in [-0.25, -0.2) is 0 Å². The van der Waals surface area contributed by atoms with Crippen LogP contribution in [-0.2, 0) is 16.0 Å². The first kappa shape index (κ1) is 16.9. The quantitative estimate of drug-likeness (QED) is 0.770. The van der Waals surface area contributed by atoms with E-state index in [9.17, 15) is 4.79 Å². The molecule has 3 nitrogen and oxygen atoms in total. The van der Waals surface area contributed by atoms with Crippen molar-refractivity contribution in [3.63, 3.8) is 0 Å². The van der Waals surface area contributed by atoms with Crippen molar-refractivity contribution in [1.82, 2.24) is 4.98 Å². The average Bonchev–Trinajstić information content (AvgIpc) is 2.56. The van der Waals surface area contributed by atoms with Crippen molar-refractivity contribution in [2.75, 3.05) is 6.61 Å². The molecular formula is C18H23NO2. The molecule has 0 aliphatic rings. The Morgan fingerprint density at radius 2 is 1.76 bits per heavy atom. The number of nitrogens with zero attached hydrogens (tertiary/aromatic N) is 1. The van der Waals surface area contributed by atoms with Crippen LogP contribution >= 0.6 is 0 Å². The van der Waals surface area contributed by atoms with Gasteiger partial charge < -0.3 is 4.74 Å². The molecule has 0 N–H and O–H groups in total. The second kappa shape index (κ2) is 9.70. The highest BCUT2D eigenvalue weighted by molar-refractivity contribution is 5.72.